The van der Waals surface area contributed by atoms with E-state index in [0.717, 1.165) is 32.1 Å². The maximum absolute atomic E-state index is 5.81. The highest BCUT2D eigenvalue weighted by Gasteiger charge is 2.27. The summed E-state index contributed by atoms with van der Waals surface area (Å²) in [5.74, 6) is 0.811. The highest BCUT2D eigenvalue weighted by atomic mass is 16.5. The first-order valence-electron chi connectivity index (χ1n) is 6.47. The van der Waals surface area contributed by atoms with Crippen LogP contribution in [0.4, 0.5) is 0 Å². The van der Waals surface area contributed by atoms with E-state index in [4.69, 9.17) is 4.74 Å². The van der Waals surface area contributed by atoms with Crippen LogP contribution >= 0.6 is 0 Å². The molecule has 0 spiro atoms. The topological polar surface area (TPSA) is 15.7 Å². The van der Waals surface area contributed by atoms with Crippen molar-refractivity contribution in [1.29, 1.82) is 0 Å². The average molecular weight is 240 g/mol. The number of ether oxygens (including phenoxy) is 1. The molecule has 0 bridgehead atoms. The van der Waals surface area contributed by atoms with Crippen molar-refractivity contribution in [2.24, 2.45) is 0 Å². The molecular weight excluding hydrogens is 212 g/mol. The summed E-state index contributed by atoms with van der Waals surface area (Å²) >= 11 is 0. The van der Waals surface area contributed by atoms with E-state index in [0.29, 0.717) is 0 Å². The van der Waals surface area contributed by atoms with Crippen molar-refractivity contribution < 1.29 is 4.74 Å². The molecule has 0 aromatic carbocycles. The standard InChI is InChI=1S/C14H28N2O/c1-12(17-14(5,6)7)15-8-10-16(11-9-15)13(2,3)4/h1,8-11H2,2-7H3. The van der Waals surface area contributed by atoms with Gasteiger partial charge in [0, 0.05) is 31.7 Å². The van der Waals surface area contributed by atoms with Gasteiger partial charge in [-0.3, -0.25) is 4.90 Å². The van der Waals surface area contributed by atoms with Crippen molar-refractivity contribution >= 4 is 0 Å². The van der Waals surface area contributed by atoms with Crippen LogP contribution < -0.4 is 0 Å². The molecule has 0 aliphatic carbocycles. The first-order valence-corrected chi connectivity index (χ1v) is 6.47. The van der Waals surface area contributed by atoms with Gasteiger partial charge in [-0.05, 0) is 48.1 Å². The number of piperazine rings is 1. The third kappa shape index (κ3) is 4.58. The SMILES string of the molecule is C=C(OC(C)(C)C)N1CCN(C(C)(C)C)CC1. The predicted octanol–water partition coefficient (Wildman–Crippen LogP) is 2.69. The molecule has 1 heterocycles. The summed E-state index contributed by atoms with van der Waals surface area (Å²) in [7, 11) is 0. The molecule has 0 amide bonds. The molecule has 3 heteroatoms. The van der Waals surface area contributed by atoms with Crippen LogP contribution in [0.25, 0.3) is 0 Å². The van der Waals surface area contributed by atoms with Crippen molar-refractivity contribution in [1.82, 2.24) is 9.80 Å². The minimum absolute atomic E-state index is 0.155. The van der Waals surface area contributed by atoms with Crippen LogP contribution in [0.3, 0.4) is 0 Å². The van der Waals surface area contributed by atoms with Crippen LogP contribution in [0.1, 0.15) is 41.5 Å². The van der Waals surface area contributed by atoms with Gasteiger partial charge in [0.05, 0.1) is 0 Å². The third-order valence-corrected chi connectivity index (χ3v) is 3.01. The van der Waals surface area contributed by atoms with Crippen molar-refractivity contribution in [2.75, 3.05) is 26.2 Å². The molecule has 3 nitrogen and oxygen atoms in total. The van der Waals surface area contributed by atoms with E-state index in [1.54, 1.807) is 0 Å². The van der Waals surface area contributed by atoms with Gasteiger partial charge in [0.15, 0.2) is 5.88 Å². The normalized spacial score (nSPS) is 19.3. The van der Waals surface area contributed by atoms with Gasteiger partial charge in [-0.2, -0.15) is 0 Å². The van der Waals surface area contributed by atoms with E-state index in [2.05, 4.69) is 57.9 Å². The van der Waals surface area contributed by atoms with E-state index >= 15 is 0 Å². The van der Waals surface area contributed by atoms with Crippen molar-refractivity contribution in [3.05, 3.63) is 12.5 Å². The Morgan fingerprint density at radius 2 is 1.41 bits per heavy atom. The molecule has 100 valence electrons. The zero-order valence-electron chi connectivity index (χ0n) is 12.3. The molecule has 0 aromatic rings. The molecule has 0 radical (unpaired) electrons. The maximum atomic E-state index is 5.81. The Morgan fingerprint density at radius 1 is 0.941 bits per heavy atom. The van der Waals surface area contributed by atoms with Gasteiger partial charge < -0.3 is 9.64 Å². The summed E-state index contributed by atoms with van der Waals surface area (Å²) in [6.45, 7) is 21.2. The quantitative estimate of drug-likeness (QED) is 0.690. The Balaban J connectivity index is 2.45. The molecule has 1 saturated heterocycles. The lowest BCUT2D eigenvalue weighted by Gasteiger charge is -2.43. The van der Waals surface area contributed by atoms with Crippen molar-refractivity contribution in [3.63, 3.8) is 0 Å². The second-order valence-electron chi connectivity index (χ2n) is 6.75. The highest BCUT2D eigenvalue weighted by Crippen LogP contribution is 2.20. The second kappa shape index (κ2) is 4.89. The molecule has 0 N–H and O–H groups in total. The third-order valence-electron chi connectivity index (χ3n) is 3.01. The summed E-state index contributed by atoms with van der Waals surface area (Å²) in [5, 5.41) is 0. The predicted molar refractivity (Wildman–Crippen MR) is 72.9 cm³/mol. The molecule has 1 rings (SSSR count). The number of hydrogen-bond acceptors (Lipinski definition) is 3. The molecular formula is C14H28N2O. The van der Waals surface area contributed by atoms with Crippen LogP contribution in [-0.2, 0) is 4.74 Å². The number of hydrogen-bond donors (Lipinski definition) is 0. The minimum atomic E-state index is -0.155. The van der Waals surface area contributed by atoms with Gasteiger partial charge in [-0.15, -0.1) is 0 Å². The molecule has 1 aliphatic heterocycles. The summed E-state index contributed by atoms with van der Waals surface area (Å²) in [4.78, 5) is 4.75. The summed E-state index contributed by atoms with van der Waals surface area (Å²) < 4.78 is 5.81. The van der Waals surface area contributed by atoms with Crippen molar-refractivity contribution in [3.8, 4) is 0 Å². The summed E-state index contributed by atoms with van der Waals surface area (Å²) in [5.41, 5.74) is 0.108. The first-order chi connectivity index (χ1) is 7.59. The van der Waals surface area contributed by atoms with Gasteiger partial charge in [-0.1, -0.05) is 0 Å². The van der Waals surface area contributed by atoms with Crippen molar-refractivity contribution in [2.45, 2.75) is 52.7 Å². The Bertz CT molecular complexity index is 265. The Kier molecular flexibility index (Phi) is 4.13. The summed E-state index contributed by atoms with van der Waals surface area (Å²) in [6, 6.07) is 0. The lowest BCUT2D eigenvalue weighted by Crippen LogP contribution is -2.53. The smallest absolute Gasteiger partial charge is 0.182 e. The van der Waals surface area contributed by atoms with Crippen LogP contribution in [0.2, 0.25) is 0 Å². The molecule has 0 unspecified atom stereocenters. The zero-order valence-corrected chi connectivity index (χ0v) is 12.3. The molecule has 1 fully saturated rings. The lowest BCUT2D eigenvalue weighted by molar-refractivity contribution is -0.0195. The van der Waals surface area contributed by atoms with Gasteiger partial charge in [0.1, 0.15) is 5.60 Å². The van der Waals surface area contributed by atoms with Gasteiger partial charge >= 0.3 is 0 Å². The fourth-order valence-corrected chi connectivity index (χ4v) is 2.04. The zero-order chi connectivity index (χ0) is 13.3. The average Bonchev–Trinajstić information content (AvgIpc) is 2.14. The van der Waals surface area contributed by atoms with E-state index in [-0.39, 0.29) is 11.1 Å². The van der Waals surface area contributed by atoms with E-state index < -0.39 is 0 Å². The Labute approximate surface area is 106 Å². The lowest BCUT2D eigenvalue weighted by atomic mass is 10.1. The molecule has 0 saturated carbocycles. The number of nitrogens with zero attached hydrogens (tertiary/aromatic N) is 2. The Hall–Kier alpha value is -0.700. The van der Waals surface area contributed by atoms with Gasteiger partial charge in [0.2, 0.25) is 0 Å². The monoisotopic (exact) mass is 240 g/mol. The number of rotatable bonds is 2. The highest BCUT2D eigenvalue weighted by molar-refractivity contribution is 4.91. The van der Waals surface area contributed by atoms with Crippen LogP contribution in [0, 0.1) is 0 Å². The largest absolute Gasteiger partial charge is 0.474 e. The Morgan fingerprint density at radius 3 is 1.76 bits per heavy atom. The van der Waals surface area contributed by atoms with Crippen LogP contribution in [0.5, 0.6) is 0 Å². The molecule has 0 atom stereocenters. The van der Waals surface area contributed by atoms with E-state index in [9.17, 15) is 0 Å². The minimum Gasteiger partial charge on any atom is -0.474 e. The summed E-state index contributed by atoms with van der Waals surface area (Å²) in [6.07, 6.45) is 0. The fraction of sp³-hybridized carbons (Fsp3) is 0.857. The van der Waals surface area contributed by atoms with Gasteiger partial charge in [0.25, 0.3) is 0 Å². The van der Waals surface area contributed by atoms with Crippen LogP contribution in [0.15, 0.2) is 12.5 Å². The first kappa shape index (κ1) is 14.4. The van der Waals surface area contributed by atoms with Gasteiger partial charge in [-0.25, -0.2) is 0 Å². The maximum Gasteiger partial charge on any atom is 0.182 e. The molecule has 1 aliphatic rings. The fourth-order valence-electron chi connectivity index (χ4n) is 2.04. The molecule has 17 heavy (non-hydrogen) atoms. The molecule has 0 aromatic heterocycles. The van der Waals surface area contributed by atoms with E-state index in [1.165, 1.54) is 0 Å². The second-order valence-corrected chi connectivity index (χ2v) is 6.75. The van der Waals surface area contributed by atoms with Crippen LogP contribution in [-0.4, -0.2) is 47.1 Å². The van der Waals surface area contributed by atoms with E-state index in [1.807, 2.05) is 0 Å².